The van der Waals surface area contributed by atoms with Gasteiger partial charge in [-0.15, -0.1) is 0 Å². The van der Waals surface area contributed by atoms with E-state index in [1.54, 1.807) is 17.8 Å². The monoisotopic (exact) mass is 228 g/mol. The number of anilines is 2. The fraction of sp³-hybridized carbons (Fsp3) is 0.667. The standard InChI is InChI=1S/C9H16N4O3/c1-5-12-9-6(10)2-11-13(9)3-8(16-5)7(15)4-14/h2,5,7-8,12,14-15H,3-4,10H2,1H3. The van der Waals surface area contributed by atoms with Gasteiger partial charge in [0.25, 0.3) is 0 Å². The highest BCUT2D eigenvalue weighted by Gasteiger charge is 2.27. The van der Waals surface area contributed by atoms with E-state index < -0.39 is 12.2 Å². The summed E-state index contributed by atoms with van der Waals surface area (Å²) in [6, 6.07) is 0. The Bertz CT molecular complexity index is 368. The van der Waals surface area contributed by atoms with Crippen molar-refractivity contribution in [3.63, 3.8) is 0 Å². The van der Waals surface area contributed by atoms with Crippen LogP contribution in [0.4, 0.5) is 11.5 Å². The van der Waals surface area contributed by atoms with Crippen molar-refractivity contribution < 1.29 is 14.9 Å². The van der Waals surface area contributed by atoms with E-state index in [2.05, 4.69) is 10.4 Å². The molecule has 0 saturated heterocycles. The topological polar surface area (TPSA) is 106 Å². The number of hydrogen-bond acceptors (Lipinski definition) is 6. The minimum Gasteiger partial charge on any atom is -0.394 e. The van der Waals surface area contributed by atoms with Crippen LogP contribution >= 0.6 is 0 Å². The predicted molar refractivity (Wildman–Crippen MR) is 57.7 cm³/mol. The highest BCUT2D eigenvalue weighted by Crippen LogP contribution is 2.23. The quantitative estimate of drug-likeness (QED) is 0.516. The molecule has 2 heterocycles. The number of nitrogens with one attached hydrogen (secondary N) is 1. The molecule has 7 heteroatoms. The molecule has 0 aromatic carbocycles. The van der Waals surface area contributed by atoms with E-state index in [0.717, 1.165) is 0 Å². The van der Waals surface area contributed by atoms with Crippen LogP contribution in [0.15, 0.2) is 6.20 Å². The van der Waals surface area contributed by atoms with E-state index in [-0.39, 0.29) is 12.8 Å². The van der Waals surface area contributed by atoms with Gasteiger partial charge in [0.1, 0.15) is 24.3 Å². The number of nitrogen functional groups attached to an aromatic ring is 1. The van der Waals surface area contributed by atoms with E-state index in [9.17, 15) is 5.11 Å². The van der Waals surface area contributed by atoms with Crippen LogP contribution in [0.3, 0.4) is 0 Å². The lowest BCUT2D eigenvalue weighted by Gasteiger charge is -2.22. The Morgan fingerprint density at radius 2 is 2.56 bits per heavy atom. The fourth-order valence-corrected chi connectivity index (χ4v) is 1.73. The zero-order chi connectivity index (χ0) is 11.7. The van der Waals surface area contributed by atoms with E-state index in [1.165, 1.54) is 0 Å². The first kappa shape index (κ1) is 11.2. The molecule has 7 nitrogen and oxygen atoms in total. The third-order valence-electron chi connectivity index (χ3n) is 2.56. The lowest BCUT2D eigenvalue weighted by Crippen LogP contribution is -2.37. The minimum absolute atomic E-state index is 0.300. The number of fused-ring (bicyclic) bond motifs is 1. The molecule has 0 saturated carbocycles. The Labute approximate surface area is 92.8 Å². The van der Waals surface area contributed by atoms with Crippen LogP contribution in [-0.4, -0.2) is 45.0 Å². The predicted octanol–water partition coefficient (Wildman–Crippen LogP) is -1.02. The highest BCUT2D eigenvalue weighted by molar-refractivity contribution is 5.61. The molecule has 1 aliphatic rings. The second kappa shape index (κ2) is 4.28. The Hall–Kier alpha value is -1.31. The molecule has 1 aliphatic heterocycles. The Morgan fingerprint density at radius 1 is 1.81 bits per heavy atom. The fourth-order valence-electron chi connectivity index (χ4n) is 1.73. The number of aliphatic hydroxyl groups is 2. The molecule has 2 rings (SSSR count). The summed E-state index contributed by atoms with van der Waals surface area (Å²) in [7, 11) is 0. The van der Waals surface area contributed by atoms with E-state index in [1.807, 2.05) is 0 Å². The summed E-state index contributed by atoms with van der Waals surface area (Å²) in [5, 5.41) is 25.6. The maximum Gasteiger partial charge on any atom is 0.149 e. The van der Waals surface area contributed by atoms with Gasteiger partial charge in [-0.2, -0.15) is 5.10 Å². The van der Waals surface area contributed by atoms with Crippen LogP contribution < -0.4 is 11.1 Å². The molecule has 5 N–H and O–H groups in total. The van der Waals surface area contributed by atoms with Gasteiger partial charge in [-0.05, 0) is 6.92 Å². The number of rotatable bonds is 2. The summed E-state index contributed by atoms with van der Waals surface area (Å²) >= 11 is 0. The van der Waals surface area contributed by atoms with Crippen molar-refractivity contribution in [2.75, 3.05) is 17.7 Å². The summed E-state index contributed by atoms with van der Waals surface area (Å²) < 4.78 is 7.15. The number of nitrogens with zero attached hydrogens (tertiary/aromatic N) is 2. The lowest BCUT2D eigenvalue weighted by atomic mass is 10.2. The molecule has 1 aromatic rings. The normalized spacial score (nSPS) is 26.7. The average molecular weight is 228 g/mol. The SMILES string of the molecule is CC1Nc2c(N)cnn2CC(C(O)CO)O1. The first-order valence-corrected chi connectivity index (χ1v) is 5.14. The van der Waals surface area contributed by atoms with Crippen molar-refractivity contribution in [1.82, 2.24) is 9.78 Å². The Kier molecular flexibility index (Phi) is 2.99. The number of nitrogens with two attached hydrogens (primary N) is 1. The summed E-state index contributed by atoms with van der Waals surface area (Å²) in [6.45, 7) is 1.81. The molecule has 0 fully saturated rings. The van der Waals surface area contributed by atoms with Crippen molar-refractivity contribution >= 4 is 11.5 Å². The van der Waals surface area contributed by atoms with Gasteiger partial charge in [0.2, 0.25) is 0 Å². The summed E-state index contributed by atoms with van der Waals surface area (Å²) in [6.07, 6.45) is -0.192. The molecule has 90 valence electrons. The van der Waals surface area contributed by atoms with Crippen molar-refractivity contribution in [3.05, 3.63) is 6.20 Å². The number of aromatic nitrogens is 2. The summed E-state index contributed by atoms with van der Waals surface area (Å²) in [5.41, 5.74) is 6.27. The Morgan fingerprint density at radius 3 is 3.25 bits per heavy atom. The van der Waals surface area contributed by atoms with Crippen molar-refractivity contribution in [3.8, 4) is 0 Å². The molecule has 0 bridgehead atoms. The molecule has 0 amide bonds. The van der Waals surface area contributed by atoms with E-state index in [0.29, 0.717) is 18.1 Å². The van der Waals surface area contributed by atoms with E-state index >= 15 is 0 Å². The third-order valence-corrected chi connectivity index (χ3v) is 2.56. The average Bonchev–Trinajstić information content (AvgIpc) is 2.51. The van der Waals surface area contributed by atoms with Crippen LogP contribution in [0.25, 0.3) is 0 Å². The smallest absolute Gasteiger partial charge is 0.149 e. The van der Waals surface area contributed by atoms with Gasteiger partial charge in [0.05, 0.1) is 25.0 Å². The molecular weight excluding hydrogens is 212 g/mol. The lowest BCUT2D eigenvalue weighted by molar-refractivity contribution is -0.0816. The van der Waals surface area contributed by atoms with Crippen molar-refractivity contribution in [2.24, 2.45) is 0 Å². The largest absolute Gasteiger partial charge is 0.394 e. The molecule has 0 spiro atoms. The first-order valence-electron chi connectivity index (χ1n) is 5.14. The molecular formula is C9H16N4O3. The summed E-state index contributed by atoms with van der Waals surface area (Å²) in [4.78, 5) is 0. The van der Waals surface area contributed by atoms with Crippen LogP contribution in [-0.2, 0) is 11.3 Å². The van der Waals surface area contributed by atoms with Gasteiger partial charge in [-0.3, -0.25) is 0 Å². The number of ether oxygens (including phenoxy) is 1. The van der Waals surface area contributed by atoms with Crippen LogP contribution in [0.2, 0.25) is 0 Å². The number of aliphatic hydroxyl groups excluding tert-OH is 2. The third kappa shape index (κ3) is 1.97. The maximum absolute atomic E-state index is 9.58. The van der Waals surface area contributed by atoms with Crippen molar-refractivity contribution in [1.29, 1.82) is 0 Å². The molecule has 3 unspecified atom stereocenters. The zero-order valence-corrected chi connectivity index (χ0v) is 9.00. The summed E-state index contributed by atoms with van der Waals surface area (Å²) in [5.74, 6) is 0.681. The second-order valence-electron chi connectivity index (χ2n) is 3.84. The Balaban J connectivity index is 2.24. The molecule has 1 aromatic heterocycles. The highest BCUT2D eigenvalue weighted by atomic mass is 16.5. The van der Waals surface area contributed by atoms with Crippen LogP contribution in [0.1, 0.15) is 6.92 Å². The first-order chi connectivity index (χ1) is 7.61. The van der Waals surface area contributed by atoms with Gasteiger partial charge in [0.15, 0.2) is 0 Å². The zero-order valence-electron chi connectivity index (χ0n) is 9.00. The molecule has 0 aliphatic carbocycles. The molecule has 16 heavy (non-hydrogen) atoms. The second-order valence-corrected chi connectivity index (χ2v) is 3.84. The van der Waals surface area contributed by atoms with Gasteiger partial charge in [-0.25, -0.2) is 4.68 Å². The van der Waals surface area contributed by atoms with Crippen LogP contribution in [0, 0.1) is 0 Å². The minimum atomic E-state index is -0.930. The molecule has 0 radical (unpaired) electrons. The van der Waals surface area contributed by atoms with Gasteiger partial charge >= 0.3 is 0 Å². The number of hydrogen-bond donors (Lipinski definition) is 4. The van der Waals surface area contributed by atoms with Gasteiger partial charge in [-0.1, -0.05) is 0 Å². The van der Waals surface area contributed by atoms with Gasteiger partial charge < -0.3 is 26.0 Å². The molecule has 3 atom stereocenters. The van der Waals surface area contributed by atoms with E-state index in [4.69, 9.17) is 15.6 Å². The van der Waals surface area contributed by atoms with Crippen molar-refractivity contribution in [2.45, 2.75) is 31.9 Å². The van der Waals surface area contributed by atoms with Gasteiger partial charge in [0, 0.05) is 0 Å². The van der Waals surface area contributed by atoms with Crippen LogP contribution in [0.5, 0.6) is 0 Å². The maximum atomic E-state index is 9.58.